The fourth-order valence-electron chi connectivity index (χ4n) is 1.89. The number of nitrogens with zero attached hydrogens (tertiary/aromatic N) is 2. The quantitative estimate of drug-likeness (QED) is 0.716. The SMILES string of the molecule is CC1=CC(C)=[NH+]c2c(ccc3nsnc23)N1. The summed E-state index contributed by atoms with van der Waals surface area (Å²) in [6.07, 6.45) is 2.08. The van der Waals surface area contributed by atoms with Crippen LogP contribution in [0.5, 0.6) is 0 Å². The summed E-state index contributed by atoms with van der Waals surface area (Å²) in [7, 11) is 0. The average molecular weight is 231 g/mol. The number of anilines is 1. The third-order valence-corrected chi connectivity index (χ3v) is 3.06. The zero-order valence-electron chi connectivity index (χ0n) is 9.03. The summed E-state index contributed by atoms with van der Waals surface area (Å²) in [6.45, 7) is 4.09. The number of allylic oxidation sites excluding steroid dienone is 2. The zero-order valence-corrected chi connectivity index (χ0v) is 9.85. The summed E-state index contributed by atoms with van der Waals surface area (Å²) < 4.78 is 8.56. The van der Waals surface area contributed by atoms with Crippen LogP contribution >= 0.6 is 11.7 Å². The Morgan fingerprint density at radius 2 is 2.12 bits per heavy atom. The van der Waals surface area contributed by atoms with Crippen LogP contribution < -0.4 is 10.3 Å². The van der Waals surface area contributed by atoms with E-state index in [4.69, 9.17) is 0 Å². The van der Waals surface area contributed by atoms with E-state index < -0.39 is 0 Å². The summed E-state index contributed by atoms with van der Waals surface area (Å²) in [4.78, 5) is 3.36. The Bertz CT molecular complexity index is 624. The molecule has 0 atom stereocenters. The van der Waals surface area contributed by atoms with Crippen molar-refractivity contribution in [3.63, 3.8) is 0 Å². The van der Waals surface area contributed by atoms with E-state index in [0.29, 0.717) is 0 Å². The lowest BCUT2D eigenvalue weighted by atomic mass is 10.2. The number of fused-ring (bicyclic) bond motifs is 3. The first-order chi connectivity index (χ1) is 7.74. The number of hydrogen-bond donors (Lipinski definition) is 2. The van der Waals surface area contributed by atoms with Crippen molar-refractivity contribution in [2.24, 2.45) is 0 Å². The topological polar surface area (TPSA) is 51.8 Å². The third-order valence-electron chi connectivity index (χ3n) is 2.51. The van der Waals surface area contributed by atoms with E-state index >= 15 is 0 Å². The van der Waals surface area contributed by atoms with E-state index in [2.05, 4.69) is 25.1 Å². The fourth-order valence-corrected chi connectivity index (χ4v) is 2.43. The van der Waals surface area contributed by atoms with Gasteiger partial charge in [-0.3, -0.25) is 0 Å². The van der Waals surface area contributed by atoms with E-state index in [1.165, 1.54) is 11.7 Å². The molecule has 2 heterocycles. The maximum Gasteiger partial charge on any atom is 0.256 e. The number of rotatable bonds is 0. The summed E-state index contributed by atoms with van der Waals surface area (Å²) >= 11 is 1.24. The molecule has 4 nitrogen and oxygen atoms in total. The predicted octanol–water partition coefficient (Wildman–Crippen LogP) is 1.19. The summed E-state index contributed by atoms with van der Waals surface area (Å²) in [5.41, 5.74) is 6.14. The van der Waals surface area contributed by atoms with Crippen LogP contribution in [-0.4, -0.2) is 14.5 Å². The smallest absolute Gasteiger partial charge is 0.256 e. The lowest BCUT2D eigenvalue weighted by Gasteiger charge is -2.03. The molecular formula is C11H11N4S+. The molecule has 2 aromatic rings. The van der Waals surface area contributed by atoms with E-state index in [-0.39, 0.29) is 0 Å². The molecule has 0 spiro atoms. The zero-order chi connectivity index (χ0) is 11.1. The molecule has 80 valence electrons. The number of aromatic nitrogens is 2. The van der Waals surface area contributed by atoms with E-state index in [9.17, 15) is 0 Å². The van der Waals surface area contributed by atoms with Gasteiger partial charge in [-0.25, -0.2) is 4.99 Å². The van der Waals surface area contributed by atoms with Crippen LogP contribution in [0.3, 0.4) is 0 Å². The van der Waals surface area contributed by atoms with Gasteiger partial charge in [-0.1, -0.05) is 0 Å². The number of benzene rings is 1. The van der Waals surface area contributed by atoms with Gasteiger partial charge in [-0.15, -0.1) is 0 Å². The van der Waals surface area contributed by atoms with Crippen LogP contribution in [0.4, 0.5) is 11.4 Å². The third kappa shape index (κ3) is 1.40. The van der Waals surface area contributed by atoms with Gasteiger partial charge < -0.3 is 5.32 Å². The molecular weight excluding hydrogens is 220 g/mol. The molecule has 16 heavy (non-hydrogen) atoms. The maximum atomic E-state index is 4.32. The van der Waals surface area contributed by atoms with Crippen molar-refractivity contribution in [2.75, 3.05) is 5.32 Å². The van der Waals surface area contributed by atoms with Crippen molar-refractivity contribution < 1.29 is 4.99 Å². The fraction of sp³-hybridized carbons (Fsp3) is 0.182. The molecule has 0 radical (unpaired) electrons. The van der Waals surface area contributed by atoms with Crippen molar-refractivity contribution in [2.45, 2.75) is 13.8 Å². The number of nitrogens with one attached hydrogen (secondary N) is 2. The molecule has 0 aliphatic carbocycles. The van der Waals surface area contributed by atoms with Gasteiger partial charge in [0.1, 0.15) is 11.2 Å². The summed E-state index contributed by atoms with van der Waals surface area (Å²) in [6, 6.07) is 4.02. The normalized spacial score (nSPS) is 14.9. The first kappa shape index (κ1) is 9.47. The molecule has 1 aromatic carbocycles. The highest BCUT2D eigenvalue weighted by Gasteiger charge is 2.18. The van der Waals surface area contributed by atoms with Crippen molar-refractivity contribution in [3.05, 3.63) is 23.9 Å². The Morgan fingerprint density at radius 1 is 1.25 bits per heavy atom. The van der Waals surface area contributed by atoms with E-state index in [1.54, 1.807) is 0 Å². The molecule has 1 aromatic heterocycles. The molecule has 2 N–H and O–H groups in total. The van der Waals surface area contributed by atoms with Crippen LogP contribution in [0.25, 0.3) is 11.0 Å². The molecule has 0 amide bonds. The van der Waals surface area contributed by atoms with Gasteiger partial charge in [0.05, 0.1) is 11.7 Å². The Morgan fingerprint density at radius 3 is 3.00 bits per heavy atom. The van der Waals surface area contributed by atoms with Crippen LogP contribution in [-0.2, 0) is 0 Å². The van der Waals surface area contributed by atoms with E-state index in [0.717, 1.165) is 33.8 Å². The van der Waals surface area contributed by atoms with Crippen LogP contribution in [0.2, 0.25) is 0 Å². The number of hydrogen-bond acceptors (Lipinski definition) is 4. The highest BCUT2D eigenvalue weighted by Crippen LogP contribution is 2.27. The lowest BCUT2D eigenvalue weighted by molar-refractivity contribution is -0.350. The molecule has 1 aliphatic rings. The molecule has 0 fully saturated rings. The monoisotopic (exact) mass is 231 g/mol. The van der Waals surface area contributed by atoms with Crippen LogP contribution in [0, 0.1) is 0 Å². The molecule has 0 saturated heterocycles. The van der Waals surface area contributed by atoms with Crippen molar-refractivity contribution in [3.8, 4) is 0 Å². The molecule has 0 unspecified atom stereocenters. The summed E-state index contributed by atoms with van der Waals surface area (Å²) in [5.74, 6) is 0. The summed E-state index contributed by atoms with van der Waals surface area (Å²) in [5, 5.41) is 3.35. The van der Waals surface area contributed by atoms with E-state index in [1.807, 2.05) is 26.0 Å². The molecule has 0 saturated carbocycles. The van der Waals surface area contributed by atoms with Crippen molar-refractivity contribution in [1.82, 2.24) is 8.75 Å². The standard InChI is InChI=1S/C11H10N4S/c1-6-5-7(2)13-10-8(12-6)3-4-9-11(10)15-16-14-9/h3-5,12H,1-2H3/p+1. The van der Waals surface area contributed by atoms with Gasteiger partial charge >= 0.3 is 0 Å². The average Bonchev–Trinajstić information content (AvgIpc) is 2.64. The Balaban J connectivity index is 2.34. The Labute approximate surface area is 97.0 Å². The first-order valence-corrected chi connectivity index (χ1v) is 5.78. The minimum absolute atomic E-state index is 0.928. The highest BCUT2D eigenvalue weighted by molar-refractivity contribution is 7.00. The molecule has 0 bridgehead atoms. The maximum absolute atomic E-state index is 4.32. The van der Waals surface area contributed by atoms with Gasteiger partial charge in [-0.05, 0) is 19.1 Å². The van der Waals surface area contributed by atoms with Gasteiger partial charge in [0.25, 0.3) is 5.69 Å². The molecule has 3 rings (SSSR count). The van der Waals surface area contributed by atoms with Crippen LogP contribution in [0.1, 0.15) is 13.8 Å². The van der Waals surface area contributed by atoms with Crippen molar-refractivity contribution >= 4 is 39.8 Å². The minimum atomic E-state index is 0.928. The Kier molecular flexibility index (Phi) is 2.00. The van der Waals surface area contributed by atoms with Gasteiger partial charge in [-0.2, -0.15) is 8.75 Å². The predicted molar refractivity (Wildman–Crippen MR) is 66.1 cm³/mol. The van der Waals surface area contributed by atoms with Crippen LogP contribution in [0.15, 0.2) is 23.9 Å². The lowest BCUT2D eigenvalue weighted by Crippen LogP contribution is -2.65. The first-order valence-electron chi connectivity index (χ1n) is 5.05. The molecule has 5 heteroatoms. The largest absolute Gasteiger partial charge is 0.353 e. The van der Waals surface area contributed by atoms with Gasteiger partial charge in [0.15, 0.2) is 11.2 Å². The second kappa shape index (κ2) is 3.38. The van der Waals surface area contributed by atoms with Crippen molar-refractivity contribution in [1.29, 1.82) is 0 Å². The van der Waals surface area contributed by atoms with Gasteiger partial charge in [0.2, 0.25) is 0 Å². The minimum Gasteiger partial charge on any atom is -0.353 e. The second-order valence-corrected chi connectivity index (χ2v) is 4.41. The van der Waals surface area contributed by atoms with Gasteiger partial charge in [0, 0.05) is 18.7 Å². The highest BCUT2D eigenvalue weighted by atomic mass is 32.1. The Hall–Kier alpha value is -1.75. The second-order valence-electron chi connectivity index (χ2n) is 3.88. The molecule has 1 aliphatic heterocycles.